The number of ether oxygens (including phenoxy) is 1. The van der Waals surface area contributed by atoms with Gasteiger partial charge in [-0.3, -0.25) is 4.79 Å². The van der Waals surface area contributed by atoms with Crippen molar-refractivity contribution in [2.75, 3.05) is 18.5 Å². The second-order valence-electron chi connectivity index (χ2n) is 6.29. The number of benzene rings is 2. The van der Waals surface area contributed by atoms with Crippen LogP contribution in [0.2, 0.25) is 0 Å². The number of hydrogen-bond acceptors (Lipinski definition) is 4. The van der Waals surface area contributed by atoms with Gasteiger partial charge in [0, 0.05) is 18.3 Å². The Labute approximate surface area is 163 Å². The van der Waals surface area contributed by atoms with Crippen LogP contribution in [0.15, 0.2) is 41.3 Å². The molecule has 11 heteroatoms. The number of halogens is 4. The maximum atomic E-state index is 14.8. The van der Waals surface area contributed by atoms with E-state index in [1.54, 1.807) is 0 Å². The molecule has 0 spiro atoms. The van der Waals surface area contributed by atoms with Crippen LogP contribution in [0.5, 0.6) is 0 Å². The molecule has 0 radical (unpaired) electrons. The minimum Gasteiger partial charge on any atom is -0.380 e. The molecule has 1 saturated heterocycles. The molecule has 1 heterocycles. The molecule has 0 aliphatic carbocycles. The largest absolute Gasteiger partial charge is 0.380 e. The van der Waals surface area contributed by atoms with Gasteiger partial charge in [0.15, 0.2) is 5.82 Å². The number of rotatable bonds is 6. The van der Waals surface area contributed by atoms with Gasteiger partial charge in [-0.15, -0.1) is 0 Å². The zero-order chi connectivity index (χ0) is 21.2. The van der Waals surface area contributed by atoms with E-state index < -0.39 is 56.1 Å². The second kappa shape index (κ2) is 8.47. The monoisotopic (exact) mass is 432 g/mol. The molecule has 0 aromatic heterocycles. The first-order chi connectivity index (χ1) is 13.7. The van der Waals surface area contributed by atoms with E-state index in [1.807, 2.05) is 0 Å². The second-order valence-corrected chi connectivity index (χ2v) is 7.97. The number of amides is 1. The first-order valence-corrected chi connectivity index (χ1v) is 9.95. The predicted molar refractivity (Wildman–Crippen MR) is 95.3 cm³/mol. The van der Waals surface area contributed by atoms with Gasteiger partial charge in [0.2, 0.25) is 10.0 Å². The van der Waals surface area contributed by atoms with E-state index >= 15 is 0 Å². The van der Waals surface area contributed by atoms with Gasteiger partial charge in [0.05, 0.1) is 17.7 Å². The van der Waals surface area contributed by atoms with E-state index in [2.05, 4.69) is 10.0 Å². The summed E-state index contributed by atoms with van der Waals surface area (Å²) in [5, 5.41) is 2.16. The predicted octanol–water partition coefficient (Wildman–Crippen LogP) is 3.22. The third-order valence-electron chi connectivity index (χ3n) is 4.24. The molecule has 1 amide bonds. The lowest BCUT2D eigenvalue weighted by Gasteiger charge is -2.14. The van der Waals surface area contributed by atoms with Crippen LogP contribution in [0.3, 0.4) is 0 Å². The third kappa shape index (κ3) is 4.74. The standard InChI is InChI=1S/C18H16F4N2O4S/c19-14-5-4-10(8-13(14)17(21)22)23-18(25)12-2-1-3-15(16(12)20)29(26,27)24-11-6-7-28-9-11/h1-5,8,11,17,24H,6-7,9H2,(H,23,25)/t11-/m0/s1. The van der Waals surface area contributed by atoms with Crippen LogP contribution in [-0.2, 0) is 14.8 Å². The Kier molecular flexibility index (Phi) is 6.20. The third-order valence-corrected chi connectivity index (χ3v) is 5.78. The summed E-state index contributed by atoms with van der Waals surface area (Å²) >= 11 is 0. The number of anilines is 1. The van der Waals surface area contributed by atoms with Crippen LogP contribution in [-0.4, -0.2) is 33.6 Å². The molecule has 6 nitrogen and oxygen atoms in total. The van der Waals surface area contributed by atoms with E-state index in [0.717, 1.165) is 30.3 Å². The van der Waals surface area contributed by atoms with Gasteiger partial charge >= 0.3 is 0 Å². The summed E-state index contributed by atoms with van der Waals surface area (Å²) in [6.45, 7) is 0.522. The fourth-order valence-corrected chi connectivity index (χ4v) is 4.15. The van der Waals surface area contributed by atoms with E-state index in [1.165, 1.54) is 6.07 Å². The first kappa shape index (κ1) is 21.2. The highest BCUT2D eigenvalue weighted by Gasteiger charge is 2.28. The highest BCUT2D eigenvalue weighted by molar-refractivity contribution is 7.89. The topological polar surface area (TPSA) is 84.5 Å². The zero-order valence-corrected chi connectivity index (χ0v) is 15.6. The van der Waals surface area contributed by atoms with Gasteiger partial charge in [0.25, 0.3) is 12.3 Å². The van der Waals surface area contributed by atoms with Crippen LogP contribution < -0.4 is 10.0 Å². The number of carbonyl (C=O) groups is 1. The van der Waals surface area contributed by atoms with Crippen LogP contribution >= 0.6 is 0 Å². The molecule has 0 saturated carbocycles. The van der Waals surface area contributed by atoms with E-state index in [-0.39, 0.29) is 12.3 Å². The van der Waals surface area contributed by atoms with Gasteiger partial charge in [-0.25, -0.2) is 30.7 Å². The summed E-state index contributed by atoms with van der Waals surface area (Å²) in [4.78, 5) is 11.6. The molecule has 1 aliphatic rings. The van der Waals surface area contributed by atoms with E-state index in [0.29, 0.717) is 13.0 Å². The van der Waals surface area contributed by atoms with Crippen molar-refractivity contribution in [3.8, 4) is 0 Å². The molecule has 2 N–H and O–H groups in total. The summed E-state index contributed by atoms with van der Waals surface area (Å²) in [5.74, 6) is -3.53. The Morgan fingerprint density at radius 1 is 1.17 bits per heavy atom. The van der Waals surface area contributed by atoms with Gasteiger partial charge in [-0.05, 0) is 36.8 Å². The SMILES string of the molecule is O=C(Nc1ccc(F)c(C(F)F)c1)c1cccc(S(=O)(=O)N[C@H]2CCOC2)c1F. The average Bonchev–Trinajstić information content (AvgIpc) is 3.15. The highest BCUT2D eigenvalue weighted by Crippen LogP contribution is 2.26. The van der Waals surface area contributed by atoms with Crippen LogP contribution in [0.25, 0.3) is 0 Å². The Morgan fingerprint density at radius 3 is 2.59 bits per heavy atom. The van der Waals surface area contributed by atoms with Crippen molar-refractivity contribution in [1.82, 2.24) is 4.72 Å². The molecule has 0 unspecified atom stereocenters. The number of alkyl halides is 2. The number of hydrogen-bond donors (Lipinski definition) is 2. The number of nitrogens with one attached hydrogen (secondary N) is 2. The fraction of sp³-hybridized carbons (Fsp3) is 0.278. The fourth-order valence-electron chi connectivity index (χ4n) is 2.79. The van der Waals surface area contributed by atoms with Crippen molar-refractivity contribution in [1.29, 1.82) is 0 Å². The minimum atomic E-state index is -4.26. The smallest absolute Gasteiger partial charge is 0.266 e. The van der Waals surface area contributed by atoms with Crippen molar-refractivity contribution in [3.63, 3.8) is 0 Å². The molecule has 156 valence electrons. The summed E-state index contributed by atoms with van der Waals surface area (Å²) < 4.78 is 86.0. The van der Waals surface area contributed by atoms with Crippen molar-refractivity contribution >= 4 is 21.6 Å². The van der Waals surface area contributed by atoms with Gasteiger partial charge in [0.1, 0.15) is 10.7 Å². The minimum absolute atomic E-state index is 0.151. The molecular formula is C18H16F4N2O4S. The molecular weight excluding hydrogens is 416 g/mol. The Balaban J connectivity index is 1.85. The lowest BCUT2D eigenvalue weighted by atomic mass is 10.1. The number of carbonyl (C=O) groups excluding carboxylic acids is 1. The molecule has 2 aromatic carbocycles. The lowest BCUT2D eigenvalue weighted by molar-refractivity contribution is 0.102. The Hall–Kier alpha value is -2.50. The quantitative estimate of drug-likeness (QED) is 0.687. The summed E-state index contributed by atoms with van der Waals surface area (Å²) in [5.41, 5.74) is -1.73. The molecule has 1 fully saturated rings. The molecule has 29 heavy (non-hydrogen) atoms. The van der Waals surface area contributed by atoms with E-state index in [4.69, 9.17) is 4.74 Å². The maximum absolute atomic E-state index is 14.8. The van der Waals surface area contributed by atoms with Gasteiger partial charge < -0.3 is 10.1 Å². The van der Waals surface area contributed by atoms with Crippen molar-refractivity contribution in [2.24, 2.45) is 0 Å². The number of sulfonamides is 1. The van der Waals surface area contributed by atoms with Crippen molar-refractivity contribution < 1.29 is 35.5 Å². The highest BCUT2D eigenvalue weighted by atomic mass is 32.2. The van der Waals surface area contributed by atoms with E-state index in [9.17, 15) is 30.8 Å². The van der Waals surface area contributed by atoms with Crippen molar-refractivity contribution in [3.05, 3.63) is 59.2 Å². The van der Waals surface area contributed by atoms with Gasteiger partial charge in [-0.1, -0.05) is 6.07 Å². The van der Waals surface area contributed by atoms with Crippen LogP contribution in [0, 0.1) is 11.6 Å². The zero-order valence-electron chi connectivity index (χ0n) is 14.8. The Morgan fingerprint density at radius 2 is 1.93 bits per heavy atom. The molecule has 1 aliphatic heterocycles. The van der Waals surface area contributed by atoms with Gasteiger partial charge in [-0.2, -0.15) is 0 Å². The molecule has 2 aromatic rings. The average molecular weight is 432 g/mol. The summed E-state index contributed by atoms with van der Waals surface area (Å²) in [6.07, 6.45) is -2.68. The summed E-state index contributed by atoms with van der Waals surface area (Å²) in [7, 11) is -4.26. The summed E-state index contributed by atoms with van der Waals surface area (Å²) in [6, 6.07) is 5.19. The first-order valence-electron chi connectivity index (χ1n) is 8.46. The normalized spacial score (nSPS) is 16.9. The van der Waals surface area contributed by atoms with Crippen LogP contribution in [0.1, 0.15) is 28.8 Å². The Bertz CT molecular complexity index is 1020. The van der Waals surface area contributed by atoms with Crippen LogP contribution in [0.4, 0.5) is 23.2 Å². The molecule has 3 rings (SSSR count). The molecule has 0 bridgehead atoms. The maximum Gasteiger partial charge on any atom is 0.266 e. The molecule has 1 atom stereocenters. The van der Waals surface area contributed by atoms with Crippen molar-refractivity contribution in [2.45, 2.75) is 23.8 Å². The lowest BCUT2D eigenvalue weighted by Crippen LogP contribution is -2.35.